The van der Waals surface area contributed by atoms with Gasteiger partial charge >= 0.3 is 266 Å². The fraction of sp³-hybridized carbons (Fsp3) is 0.938. The Kier molecular flexibility index (Phi) is 55.5. The predicted octanol–water partition coefficient (Wildman–Crippen LogP) is -44.1. The zero-order chi connectivity index (χ0) is 65.9. The topological polar surface area (TPSA) is 766 Å². The molecule has 5 saturated heterocycles. The van der Waals surface area contributed by atoms with E-state index in [4.69, 9.17) is 42.6 Å². The number of carbonyl (C=O) groups is 2. The third kappa shape index (κ3) is 35.6. The molecule has 506 valence electrons. The third-order valence-corrected chi connectivity index (χ3v) is 15.4. The summed E-state index contributed by atoms with van der Waals surface area (Å²) in [6, 6.07) is -6.02. The van der Waals surface area contributed by atoms with Crippen LogP contribution in [-0.2, 0) is 141 Å². The van der Waals surface area contributed by atoms with Gasteiger partial charge in [-0.25, -0.2) is 68.4 Å². The molecule has 5 aliphatic heterocycles. The largest absolute Gasteiger partial charge is 1.00 e. The van der Waals surface area contributed by atoms with E-state index in [1.165, 1.54) is 0 Å². The molecular weight excluding hydrogens is 1560 g/mol. The zero-order valence-corrected chi connectivity index (χ0v) is 74.9. The molecule has 0 aromatic carbocycles. The summed E-state index contributed by atoms with van der Waals surface area (Å²) in [4.78, 5) is 25.2. The monoisotopic (exact) mass is 1610 g/mol. The van der Waals surface area contributed by atoms with Crippen LogP contribution >= 0.6 is 0 Å². The molecular formula is C32H47N2Na9O45S7. The predicted molar refractivity (Wildman–Crippen MR) is 236 cm³/mol. The number of aliphatic carboxylic acids is 2. The van der Waals surface area contributed by atoms with E-state index in [-0.39, 0.29) is 266 Å². The van der Waals surface area contributed by atoms with Crippen molar-refractivity contribution in [2.45, 2.75) is 161 Å². The van der Waals surface area contributed by atoms with Crippen molar-refractivity contribution in [1.29, 1.82) is 0 Å². The first-order chi connectivity index (χ1) is 39.1. The fourth-order valence-corrected chi connectivity index (χ4v) is 11.9. The van der Waals surface area contributed by atoms with Gasteiger partial charge < -0.3 is 130 Å². The Morgan fingerprint density at radius 3 is 1.18 bits per heavy atom. The van der Waals surface area contributed by atoms with Gasteiger partial charge in [0, 0.05) is 0 Å². The molecule has 95 heavy (non-hydrogen) atoms. The summed E-state index contributed by atoms with van der Waals surface area (Å²) in [5.41, 5.74) is 0. The van der Waals surface area contributed by atoms with Crippen LogP contribution in [0.3, 0.4) is 0 Å². The summed E-state index contributed by atoms with van der Waals surface area (Å²) >= 11 is 0. The van der Waals surface area contributed by atoms with E-state index in [0.29, 0.717) is 0 Å². The van der Waals surface area contributed by atoms with E-state index >= 15 is 0 Å². The maximum atomic E-state index is 12.7. The Bertz CT molecular complexity index is 3180. The molecule has 5 rings (SSSR count). The van der Waals surface area contributed by atoms with Crippen molar-refractivity contribution in [2.75, 3.05) is 25.6 Å². The minimum atomic E-state index is -6.61. The standard InChI is InChI=1S/C30H50N2O45S7.C2H6.9Na/c33-1-5-12(35)17(8(67-5)4-78(44,45)46)70-30-22(77-84(62,63)64)16(39)21(24(75-30)26(42)43)73-28-10(32-80(50,51)52)19(76-83(59,60)61)18(7(69-28)3-66-82(56,57)58)71-29-15(38)14(37)20(23(74-29)25(40)41)72-27-9(31-79(47,48)49)13(36)11(34)6(68-27)2-65-81(53,54)55;1-2;;;;;;;;;/h5-24,27-39H,1-4H2,(H,40,41)(H,42,43)(H,44,45,46)(H,47,48,49)(H,50,51,52)(H,53,54,55)(H,56,57,58)(H,59,60,61)(H,62,63,64);1-2H3;;;;;;;;;/q;;9*+1/p-9/t5-,6-,7-,8-,9-,10-,11-,12-,13-,14-,15-,16+,17+,18-,19-,20+,21+,22-,23+,24-,27-,28+,29-,30-;;;;;;;;;;/m1........../s1. The molecule has 47 nitrogen and oxygen atoms in total. The second-order valence-corrected chi connectivity index (χ2v) is 25.4. The van der Waals surface area contributed by atoms with Crippen LogP contribution in [0.1, 0.15) is 13.8 Å². The van der Waals surface area contributed by atoms with Crippen molar-refractivity contribution in [1.82, 2.24) is 9.44 Å². The number of carboxylic acid groups (broad SMARTS) is 2. The van der Waals surface area contributed by atoms with Crippen LogP contribution in [-0.4, -0.2) is 311 Å². The third-order valence-electron chi connectivity index (χ3n) is 11.8. The van der Waals surface area contributed by atoms with Gasteiger partial charge in [-0.3, -0.25) is 16.7 Å². The minimum Gasteiger partial charge on any atom is -0.748 e. The molecule has 0 unspecified atom stereocenters. The molecule has 0 bridgehead atoms. The number of hydrogen-bond donors (Lipinski definition) is 9. The molecule has 5 heterocycles. The summed E-state index contributed by atoms with van der Waals surface area (Å²) < 4.78 is 313. The van der Waals surface area contributed by atoms with E-state index in [9.17, 15) is 146 Å². The van der Waals surface area contributed by atoms with Crippen molar-refractivity contribution in [2.24, 2.45) is 0 Å². The Morgan fingerprint density at radius 2 is 0.768 bits per heavy atom. The van der Waals surface area contributed by atoms with Gasteiger partial charge in [0.2, 0.25) is 41.6 Å². The molecule has 0 aliphatic carbocycles. The summed E-state index contributed by atoms with van der Waals surface area (Å²) in [6.07, 6.45) is -63.6. The van der Waals surface area contributed by atoms with Crippen molar-refractivity contribution in [3.63, 3.8) is 0 Å². The van der Waals surface area contributed by atoms with Crippen LogP contribution in [0.4, 0.5) is 0 Å². The number of carbonyl (C=O) groups excluding carboxylic acids is 2. The summed E-state index contributed by atoms with van der Waals surface area (Å²) in [5, 5.41) is 101. The first-order valence-electron chi connectivity index (χ1n) is 23.0. The van der Waals surface area contributed by atoms with Crippen molar-refractivity contribution in [3.8, 4) is 0 Å². The van der Waals surface area contributed by atoms with E-state index in [0.717, 1.165) is 9.44 Å². The maximum absolute atomic E-state index is 12.7. The second kappa shape index (κ2) is 46.9. The molecule has 5 aliphatic rings. The molecule has 0 aromatic heterocycles. The summed E-state index contributed by atoms with van der Waals surface area (Å²) in [5.74, 6) is -7.08. The first kappa shape index (κ1) is 112. The zero-order valence-electron chi connectivity index (χ0n) is 51.2. The first-order valence-corrected chi connectivity index (χ1v) is 32.7. The number of aliphatic hydroxyl groups excluding tert-OH is 7. The van der Waals surface area contributed by atoms with E-state index in [2.05, 4.69) is 16.7 Å². The normalized spacial score (nSPS) is 35.1. The van der Waals surface area contributed by atoms with Crippen LogP contribution < -0.4 is 286 Å². The summed E-state index contributed by atoms with van der Waals surface area (Å²) in [7, 11) is -42.4. The second-order valence-electron chi connectivity index (χ2n) is 17.6. The van der Waals surface area contributed by atoms with Gasteiger partial charge in [-0.05, 0) is 0 Å². The van der Waals surface area contributed by atoms with Crippen LogP contribution in [0.2, 0.25) is 0 Å². The Morgan fingerprint density at radius 1 is 0.389 bits per heavy atom. The van der Waals surface area contributed by atoms with Crippen LogP contribution in [0, 0.1) is 0 Å². The molecule has 63 heteroatoms. The Hall–Kier alpha value is 6.43. The molecule has 24 atom stereocenters. The number of nitrogens with one attached hydrogen (secondary N) is 2. The van der Waals surface area contributed by atoms with Crippen LogP contribution in [0.5, 0.6) is 0 Å². The number of ether oxygens (including phenoxy) is 9. The van der Waals surface area contributed by atoms with Gasteiger partial charge in [-0.1, -0.05) is 13.8 Å². The summed E-state index contributed by atoms with van der Waals surface area (Å²) in [6.45, 7) is -0.886. The van der Waals surface area contributed by atoms with Gasteiger partial charge in [0.15, 0.2) is 51.9 Å². The van der Waals surface area contributed by atoms with Gasteiger partial charge in [-0.15, -0.1) is 0 Å². The van der Waals surface area contributed by atoms with Crippen LogP contribution in [0.25, 0.3) is 0 Å². The minimum absolute atomic E-state index is 0. The van der Waals surface area contributed by atoms with Gasteiger partial charge in [-0.2, -0.15) is 0 Å². The average Bonchev–Trinajstić information content (AvgIpc) is 0.854. The SMILES string of the molecule is CC.O=C([O-])[C@H]1O[C@@H](O[C@H]2[C@H](OS(=O)(=O)[O-])[C@@H](NS(=O)(=O)[O-])[C@H](O[C@H]3[C@H](O)[C@@H](OS(=O)(=O)[O-])[C@H](O[C@@H]4[C@H](O)[C@@H](CO)O[C@@H]4CS(=O)(=O)[O-])O[C@H]3C(=O)[O-])O[C@@H]2COS(=O)(=O)[O-])[C@H](O)[C@@H](O)[C@@H]1O[C@H]1O[C@H](COS(=O)(=O)[O-])[C@@H](O)[C@H](O)[C@H]1NS(=O)(=O)[O-].[Na+].[Na+].[Na+].[Na+].[Na+].[Na+].[Na+].[Na+].[Na+]. The van der Waals surface area contributed by atoms with Crippen molar-refractivity contribution < 1.29 is 472 Å². The molecule has 0 spiro atoms. The van der Waals surface area contributed by atoms with E-state index in [1.807, 2.05) is 13.8 Å². The Labute approximate surface area is 739 Å². The van der Waals surface area contributed by atoms with Gasteiger partial charge in [0.1, 0.15) is 110 Å². The van der Waals surface area contributed by atoms with Gasteiger partial charge in [0.05, 0.1) is 53.7 Å². The average molecular weight is 1610 g/mol. The van der Waals surface area contributed by atoms with E-state index < -0.39 is 257 Å². The Balaban J connectivity index is -0.00000178. The smallest absolute Gasteiger partial charge is 0.748 e. The quantitative estimate of drug-likeness (QED) is 0.0209. The molecule has 0 aromatic rings. The number of carboxylic acids is 2. The van der Waals surface area contributed by atoms with Crippen molar-refractivity contribution >= 4 is 84.3 Å². The molecule has 9 N–H and O–H groups in total. The maximum Gasteiger partial charge on any atom is 1.00 e. The molecule has 5 fully saturated rings. The molecule has 0 radical (unpaired) electrons. The number of rotatable bonds is 27. The number of aliphatic hydroxyl groups is 7. The fourth-order valence-electron chi connectivity index (χ4n) is 8.53. The molecule has 0 saturated carbocycles. The van der Waals surface area contributed by atoms with E-state index in [1.54, 1.807) is 0 Å². The number of hydrogen-bond acceptors (Lipinski definition) is 45. The van der Waals surface area contributed by atoms with Crippen LogP contribution in [0.15, 0.2) is 0 Å². The molecule has 0 amide bonds. The van der Waals surface area contributed by atoms with Gasteiger partial charge in [0.25, 0.3) is 0 Å². The van der Waals surface area contributed by atoms with Crippen molar-refractivity contribution in [3.05, 3.63) is 0 Å².